The number of carbonyl (C=O) groups is 2. The van der Waals surface area contributed by atoms with E-state index in [2.05, 4.69) is 0 Å². The number of Topliss-reactive ketones (excluding diaryl/α,β-unsaturated/α-hetero) is 1. The third-order valence-corrected chi connectivity index (χ3v) is 4.66. The van der Waals surface area contributed by atoms with E-state index in [0.717, 1.165) is 17.0 Å². The number of rotatable bonds is 6. The minimum absolute atomic E-state index is 0.0152. The van der Waals surface area contributed by atoms with Crippen LogP contribution in [0.3, 0.4) is 0 Å². The van der Waals surface area contributed by atoms with E-state index in [-0.39, 0.29) is 29.0 Å². The van der Waals surface area contributed by atoms with Gasteiger partial charge < -0.3 is 15.1 Å². The lowest BCUT2D eigenvalue weighted by Crippen LogP contribution is -2.32. The molecule has 0 aromatic heterocycles. The number of aliphatic hydroxyl groups is 2. The number of nitro groups is 2. The summed E-state index contributed by atoms with van der Waals surface area (Å²) in [5.41, 5.74) is -1.02. The SMILES string of the molecule is O=C1C(=O)N(CCO)C(c2ccccc2[N+](=O)[O-])/C1=C(\O)c1ccc([N+](=O)[O-])cc1. The number of para-hydroxylation sites is 1. The van der Waals surface area contributed by atoms with E-state index >= 15 is 0 Å². The maximum absolute atomic E-state index is 12.7. The molecule has 11 heteroatoms. The van der Waals surface area contributed by atoms with Crippen LogP contribution < -0.4 is 0 Å². The molecule has 1 heterocycles. The Morgan fingerprint density at radius 1 is 1.00 bits per heavy atom. The van der Waals surface area contributed by atoms with E-state index in [9.17, 15) is 40.0 Å². The van der Waals surface area contributed by atoms with Crippen LogP contribution in [-0.2, 0) is 9.59 Å². The van der Waals surface area contributed by atoms with Crippen molar-refractivity contribution in [3.63, 3.8) is 0 Å². The van der Waals surface area contributed by atoms with Crippen molar-refractivity contribution in [1.82, 2.24) is 4.90 Å². The van der Waals surface area contributed by atoms with Crippen molar-refractivity contribution in [3.05, 3.63) is 85.5 Å². The summed E-state index contributed by atoms with van der Waals surface area (Å²) in [4.78, 5) is 47.1. The van der Waals surface area contributed by atoms with Crippen LogP contribution in [0.1, 0.15) is 17.2 Å². The first-order chi connectivity index (χ1) is 14.3. The highest BCUT2D eigenvalue weighted by Gasteiger charge is 2.47. The molecule has 1 atom stereocenters. The number of ketones is 1. The molecule has 2 aromatic rings. The van der Waals surface area contributed by atoms with Gasteiger partial charge in [-0.1, -0.05) is 12.1 Å². The Morgan fingerprint density at radius 2 is 1.63 bits per heavy atom. The van der Waals surface area contributed by atoms with Crippen molar-refractivity contribution in [2.75, 3.05) is 13.2 Å². The zero-order valence-corrected chi connectivity index (χ0v) is 15.3. The van der Waals surface area contributed by atoms with Gasteiger partial charge in [0.25, 0.3) is 23.1 Å². The lowest BCUT2D eigenvalue weighted by atomic mass is 9.94. The van der Waals surface area contributed by atoms with E-state index in [1.807, 2.05) is 0 Å². The summed E-state index contributed by atoms with van der Waals surface area (Å²) in [6, 6.07) is 8.74. The van der Waals surface area contributed by atoms with Crippen molar-refractivity contribution in [2.45, 2.75) is 6.04 Å². The van der Waals surface area contributed by atoms with Gasteiger partial charge >= 0.3 is 0 Å². The molecule has 1 fully saturated rings. The first kappa shape index (κ1) is 20.6. The zero-order chi connectivity index (χ0) is 22.0. The largest absolute Gasteiger partial charge is 0.507 e. The van der Waals surface area contributed by atoms with Gasteiger partial charge in [0.05, 0.1) is 33.6 Å². The van der Waals surface area contributed by atoms with E-state index in [4.69, 9.17) is 0 Å². The van der Waals surface area contributed by atoms with Crippen molar-refractivity contribution < 1.29 is 29.6 Å². The number of amides is 1. The Kier molecular flexibility index (Phi) is 5.56. The van der Waals surface area contributed by atoms with Gasteiger partial charge in [0, 0.05) is 30.3 Å². The first-order valence-corrected chi connectivity index (χ1v) is 8.65. The summed E-state index contributed by atoms with van der Waals surface area (Å²) >= 11 is 0. The van der Waals surface area contributed by atoms with Gasteiger partial charge in [0.15, 0.2) is 0 Å². The molecule has 0 bridgehead atoms. The second-order valence-corrected chi connectivity index (χ2v) is 6.34. The number of hydrogen-bond acceptors (Lipinski definition) is 8. The molecule has 0 saturated carbocycles. The number of nitrogens with zero attached hydrogens (tertiary/aromatic N) is 3. The van der Waals surface area contributed by atoms with Crippen molar-refractivity contribution in [1.29, 1.82) is 0 Å². The highest BCUT2D eigenvalue weighted by molar-refractivity contribution is 6.46. The molecule has 154 valence electrons. The molecule has 0 radical (unpaired) electrons. The molecule has 30 heavy (non-hydrogen) atoms. The minimum atomic E-state index is -1.31. The van der Waals surface area contributed by atoms with Crippen LogP contribution in [-0.4, -0.2) is 49.8 Å². The molecule has 3 rings (SSSR count). The van der Waals surface area contributed by atoms with Crippen LogP contribution in [0.2, 0.25) is 0 Å². The maximum Gasteiger partial charge on any atom is 0.295 e. The number of likely N-dealkylation sites (tertiary alicyclic amines) is 1. The molecule has 1 saturated heterocycles. The third kappa shape index (κ3) is 3.49. The topological polar surface area (TPSA) is 164 Å². The van der Waals surface area contributed by atoms with Crippen LogP contribution in [0, 0.1) is 20.2 Å². The molecule has 0 aliphatic carbocycles. The Morgan fingerprint density at radius 3 is 2.20 bits per heavy atom. The molecular formula is C19H15N3O8. The van der Waals surface area contributed by atoms with Gasteiger partial charge in [-0.3, -0.25) is 29.8 Å². The number of non-ortho nitro benzene ring substituents is 1. The van der Waals surface area contributed by atoms with E-state index in [1.165, 1.54) is 36.4 Å². The number of aliphatic hydroxyl groups excluding tert-OH is 2. The number of hydrogen-bond donors (Lipinski definition) is 2. The lowest BCUT2D eigenvalue weighted by molar-refractivity contribution is -0.385. The predicted octanol–water partition coefficient (Wildman–Crippen LogP) is 1.92. The van der Waals surface area contributed by atoms with Crippen molar-refractivity contribution in [3.8, 4) is 0 Å². The average molecular weight is 413 g/mol. The molecule has 1 aliphatic heterocycles. The summed E-state index contributed by atoms with van der Waals surface area (Å²) in [5, 5.41) is 42.4. The van der Waals surface area contributed by atoms with E-state index in [0.29, 0.717) is 0 Å². The molecule has 0 spiro atoms. The summed E-state index contributed by atoms with van der Waals surface area (Å²) in [6.45, 7) is -0.806. The highest BCUT2D eigenvalue weighted by atomic mass is 16.6. The fourth-order valence-electron chi connectivity index (χ4n) is 3.32. The summed E-state index contributed by atoms with van der Waals surface area (Å²) in [7, 11) is 0. The standard InChI is InChI=1S/C19H15N3O8/c23-10-9-20-16(13-3-1-2-4-14(13)22(29)30)15(18(25)19(20)26)17(24)11-5-7-12(8-6-11)21(27)28/h1-8,16,23-24H,9-10H2/b17-15+. The average Bonchev–Trinajstić information content (AvgIpc) is 2.98. The molecular weight excluding hydrogens is 398 g/mol. The Balaban J connectivity index is 2.23. The second kappa shape index (κ2) is 8.09. The zero-order valence-electron chi connectivity index (χ0n) is 15.3. The van der Waals surface area contributed by atoms with Gasteiger partial charge in [-0.15, -0.1) is 0 Å². The molecule has 2 N–H and O–H groups in total. The molecule has 11 nitrogen and oxygen atoms in total. The Labute approximate surface area is 168 Å². The Hall–Kier alpha value is -4.12. The van der Waals surface area contributed by atoms with Gasteiger partial charge in [-0.2, -0.15) is 0 Å². The van der Waals surface area contributed by atoms with E-state index in [1.54, 1.807) is 0 Å². The first-order valence-electron chi connectivity index (χ1n) is 8.65. The molecule has 1 amide bonds. The second-order valence-electron chi connectivity index (χ2n) is 6.34. The monoisotopic (exact) mass is 413 g/mol. The van der Waals surface area contributed by atoms with Gasteiger partial charge in [0.2, 0.25) is 0 Å². The van der Waals surface area contributed by atoms with E-state index < -0.39 is 45.5 Å². The van der Waals surface area contributed by atoms with Crippen LogP contribution in [0.25, 0.3) is 5.76 Å². The van der Waals surface area contributed by atoms with Gasteiger partial charge in [0.1, 0.15) is 5.76 Å². The normalized spacial score (nSPS) is 17.9. The molecule has 2 aromatic carbocycles. The maximum atomic E-state index is 12.7. The molecule has 1 aliphatic rings. The third-order valence-electron chi connectivity index (χ3n) is 4.66. The Bertz CT molecular complexity index is 1080. The fraction of sp³-hybridized carbons (Fsp3) is 0.158. The summed E-state index contributed by atoms with van der Waals surface area (Å²) in [6.07, 6.45) is 0. The smallest absolute Gasteiger partial charge is 0.295 e. The van der Waals surface area contributed by atoms with Gasteiger partial charge in [-0.25, -0.2) is 0 Å². The van der Waals surface area contributed by atoms with Crippen molar-refractivity contribution >= 4 is 28.8 Å². The molecule has 1 unspecified atom stereocenters. The number of benzene rings is 2. The predicted molar refractivity (Wildman–Crippen MR) is 102 cm³/mol. The quantitative estimate of drug-likeness (QED) is 0.238. The highest BCUT2D eigenvalue weighted by Crippen LogP contribution is 2.42. The lowest BCUT2D eigenvalue weighted by Gasteiger charge is -2.24. The van der Waals surface area contributed by atoms with Crippen LogP contribution in [0.5, 0.6) is 0 Å². The number of carbonyl (C=O) groups excluding carboxylic acids is 2. The minimum Gasteiger partial charge on any atom is -0.507 e. The van der Waals surface area contributed by atoms with Crippen LogP contribution >= 0.6 is 0 Å². The summed E-state index contributed by atoms with van der Waals surface area (Å²) in [5.74, 6) is -2.75. The fourth-order valence-corrected chi connectivity index (χ4v) is 3.32. The van der Waals surface area contributed by atoms with Crippen molar-refractivity contribution in [2.24, 2.45) is 0 Å². The number of β-amino-alcohol motifs (C(OH)–C–C–N with tert-alkyl or cyclic N) is 1. The van der Waals surface area contributed by atoms with Crippen LogP contribution in [0.4, 0.5) is 11.4 Å². The van der Waals surface area contributed by atoms with Gasteiger partial charge in [-0.05, 0) is 18.2 Å². The summed E-state index contributed by atoms with van der Waals surface area (Å²) < 4.78 is 0. The van der Waals surface area contributed by atoms with Crippen LogP contribution in [0.15, 0.2) is 54.1 Å². The number of nitro benzene ring substituents is 2.